The van der Waals surface area contributed by atoms with Crippen LogP contribution in [0.1, 0.15) is 16.0 Å². The van der Waals surface area contributed by atoms with Crippen molar-refractivity contribution in [2.45, 2.75) is 11.2 Å². The van der Waals surface area contributed by atoms with Crippen molar-refractivity contribution in [2.75, 3.05) is 0 Å². The molecule has 1 unspecified atom stereocenters. The number of hydrogen-bond acceptors (Lipinski definition) is 0. The fourth-order valence-corrected chi connectivity index (χ4v) is 4.48. The molecule has 0 N–H and O–H groups in total. The number of benzene rings is 3. The monoisotopic (exact) mass is 466 g/mol. The molecule has 0 saturated heterocycles. The van der Waals surface area contributed by atoms with E-state index in [0.29, 0.717) is 0 Å². The van der Waals surface area contributed by atoms with Gasteiger partial charge in [0.05, 0.1) is 0 Å². The second kappa shape index (κ2) is 6.64. The first kappa shape index (κ1) is 15.3. The van der Waals surface area contributed by atoms with E-state index in [1.54, 1.807) is 0 Å². The van der Waals surface area contributed by atoms with E-state index in [0.717, 1.165) is 15.4 Å². The second-order valence-corrected chi connectivity index (χ2v) is 7.95. The zero-order valence-electron chi connectivity index (χ0n) is 11.2. The summed E-state index contributed by atoms with van der Waals surface area (Å²) in [6, 6.07) is 21.4. The summed E-state index contributed by atoms with van der Waals surface area (Å²) >= 11 is 10.9. The first-order valence-corrected chi connectivity index (χ1v) is 9.20. The summed E-state index contributed by atoms with van der Waals surface area (Å²) in [5.74, 6) is 0. The molecule has 3 aromatic carbocycles. The van der Waals surface area contributed by atoms with Crippen LogP contribution in [0.15, 0.2) is 69.6 Å². The molecule has 0 fully saturated rings. The van der Waals surface area contributed by atoms with Gasteiger partial charge in [0.1, 0.15) is 0 Å². The Morgan fingerprint density at radius 3 is 2.24 bits per heavy atom. The number of halogens is 3. The Morgan fingerprint density at radius 2 is 1.48 bits per heavy atom. The summed E-state index contributed by atoms with van der Waals surface area (Å²) in [5, 5.41) is 2.63. The van der Waals surface area contributed by atoms with E-state index in [1.165, 1.54) is 21.9 Å². The van der Waals surface area contributed by atoms with Gasteiger partial charge in [-0.05, 0) is 46.5 Å². The zero-order chi connectivity index (χ0) is 14.8. The minimum atomic E-state index is 0.289. The lowest BCUT2D eigenvalue weighted by Crippen LogP contribution is -1.96. The van der Waals surface area contributed by atoms with Gasteiger partial charge in [0, 0.05) is 13.8 Å². The van der Waals surface area contributed by atoms with Crippen LogP contribution < -0.4 is 0 Å². The smallest absolute Gasteiger partial charge is 0.0436 e. The van der Waals surface area contributed by atoms with Gasteiger partial charge in [-0.25, -0.2) is 0 Å². The van der Waals surface area contributed by atoms with Gasteiger partial charge in [0.25, 0.3) is 0 Å². The van der Waals surface area contributed by atoms with E-state index >= 15 is 0 Å². The van der Waals surface area contributed by atoms with Crippen LogP contribution in [0, 0.1) is 0 Å². The Balaban J connectivity index is 1.94. The maximum absolute atomic E-state index is 3.84. The summed E-state index contributed by atoms with van der Waals surface area (Å²) in [7, 11) is 0. The molecular weight excluding hydrogens is 456 g/mol. The molecule has 3 heteroatoms. The lowest BCUT2D eigenvalue weighted by atomic mass is 9.98. The largest absolute Gasteiger partial charge is 0.0835 e. The van der Waals surface area contributed by atoms with E-state index in [2.05, 4.69) is 108 Å². The Kier molecular flexibility index (Phi) is 4.82. The van der Waals surface area contributed by atoms with Crippen LogP contribution in [0.25, 0.3) is 10.8 Å². The Labute approximate surface area is 150 Å². The molecule has 3 rings (SSSR count). The molecule has 0 bridgehead atoms. The van der Waals surface area contributed by atoms with Gasteiger partial charge < -0.3 is 0 Å². The highest BCUT2D eigenvalue weighted by atomic mass is 79.9. The molecule has 0 aliphatic heterocycles. The van der Waals surface area contributed by atoms with Crippen molar-refractivity contribution in [3.63, 3.8) is 0 Å². The molecule has 0 aliphatic rings. The fraction of sp³-hybridized carbons (Fsp3) is 0.111. The lowest BCUT2D eigenvalue weighted by molar-refractivity contribution is 0.955. The summed E-state index contributed by atoms with van der Waals surface area (Å²) in [6.45, 7) is 0. The van der Waals surface area contributed by atoms with Crippen LogP contribution >= 0.6 is 47.8 Å². The Bertz CT molecular complexity index is 755. The molecule has 21 heavy (non-hydrogen) atoms. The molecule has 0 amide bonds. The second-order valence-electron chi connectivity index (χ2n) is 5.01. The number of hydrogen-bond donors (Lipinski definition) is 0. The Hall–Kier alpha value is -0.640. The maximum atomic E-state index is 3.84. The molecule has 106 valence electrons. The summed E-state index contributed by atoms with van der Waals surface area (Å²) < 4.78 is 2.18. The van der Waals surface area contributed by atoms with Gasteiger partial charge in [-0.15, -0.1) is 0 Å². The van der Waals surface area contributed by atoms with Gasteiger partial charge in [0.15, 0.2) is 0 Å². The van der Waals surface area contributed by atoms with E-state index in [-0.39, 0.29) is 4.83 Å². The Morgan fingerprint density at radius 1 is 0.810 bits per heavy atom. The standard InChI is InChI=1S/C18H13Br3/c19-15-8-14(9-16(20)11-15)18(21)10-13-6-3-5-12-4-1-2-7-17(12)13/h1-9,11,18H,10H2. The molecule has 0 nitrogen and oxygen atoms in total. The molecule has 3 aromatic rings. The van der Waals surface area contributed by atoms with Crippen molar-refractivity contribution in [3.05, 3.63) is 80.7 Å². The van der Waals surface area contributed by atoms with Crippen molar-refractivity contribution < 1.29 is 0 Å². The number of fused-ring (bicyclic) bond motifs is 1. The third-order valence-electron chi connectivity index (χ3n) is 3.53. The predicted molar refractivity (Wildman–Crippen MR) is 101 cm³/mol. The minimum Gasteiger partial charge on any atom is -0.0835 e. The van der Waals surface area contributed by atoms with E-state index in [1.807, 2.05) is 0 Å². The topological polar surface area (TPSA) is 0 Å². The average molecular weight is 469 g/mol. The van der Waals surface area contributed by atoms with Gasteiger partial charge in [-0.2, -0.15) is 0 Å². The summed E-state index contributed by atoms with van der Waals surface area (Å²) in [4.78, 5) is 0.289. The normalized spacial score (nSPS) is 12.5. The highest BCUT2D eigenvalue weighted by molar-refractivity contribution is 9.11. The molecule has 1 atom stereocenters. The lowest BCUT2D eigenvalue weighted by Gasteiger charge is -2.13. The van der Waals surface area contributed by atoms with E-state index in [9.17, 15) is 0 Å². The van der Waals surface area contributed by atoms with Crippen LogP contribution in [-0.2, 0) is 6.42 Å². The molecule has 0 radical (unpaired) electrons. The SMILES string of the molecule is Brc1cc(Br)cc(C(Br)Cc2cccc3ccccc23)c1. The number of rotatable bonds is 3. The van der Waals surface area contributed by atoms with Crippen molar-refractivity contribution in [1.29, 1.82) is 0 Å². The molecule has 0 aliphatic carbocycles. The van der Waals surface area contributed by atoms with Crippen molar-refractivity contribution in [2.24, 2.45) is 0 Å². The van der Waals surface area contributed by atoms with Crippen LogP contribution in [0.5, 0.6) is 0 Å². The highest BCUT2D eigenvalue weighted by Gasteiger charge is 2.12. The number of alkyl halides is 1. The van der Waals surface area contributed by atoms with Gasteiger partial charge >= 0.3 is 0 Å². The van der Waals surface area contributed by atoms with Crippen molar-refractivity contribution >= 4 is 58.6 Å². The molecule has 0 saturated carbocycles. The van der Waals surface area contributed by atoms with Gasteiger partial charge in [-0.1, -0.05) is 90.3 Å². The molecule has 0 heterocycles. The first-order chi connectivity index (χ1) is 10.1. The van der Waals surface area contributed by atoms with Crippen molar-refractivity contribution in [3.8, 4) is 0 Å². The summed E-state index contributed by atoms with van der Waals surface area (Å²) in [5.41, 5.74) is 2.63. The quantitative estimate of drug-likeness (QED) is 0.361. The summed E-state index contributed by atoms with van der Waals surface area (Å²) in [6.07, 6.45) is 0.963. The van der Waals surface area contributed by atoms with Gasteiger partial charge in [0.2, 0.25) is 0 Å². The minimum absolute atomic E-state index is 0.289. The molecular formula is C18H13Br3. The average Bonchev–Trinajstić information content (AvgIpc) is 2.46. The van der Waals surface area contributed by atoms with Crippen LogP contribution in [0.2, 0.25) is 0 Å². The third-order valence-corrected chi connectivity index (χ3v) is 5.29. The van der Waals surface area contributed by atoms with Crippen LogP contribution in [-0.4, -0.2) is 0 Å². The maximum Gasteiger partial charge on any atom is 0.0436 e. The van der Waals surface area contributed by atoms with Crippen molar-refractivity contribution in [1.82, 2.24) is 0 Å². The highest BCUT2D eigenvalue weighted by Crippen LogP contribution is 2.33. The van der Waals surface area contributed by atoms with Gasteiger partial charge in [-0.3, -0.25) is 0 Å². The van der Waals surface area contributed by atoms with E-state index in [4.69, 9.17) is 0 Å². The zero-order valence-corrected chi connectivity index (χ0v) is 15.9. The van der Waals surface area contributed by atoms with E-state index < -0.39 is 0 Å². The fourth-order valence-electron chi connectivity index (χ4n) is 2.54. The first-order valence-electron chi connectivity index (χ1n) is 6.70. The predicted octanol–water partition coefficient (Wildman–Crippen LogP) is 7.04. The van der Waals surface area contributed by atoms with Crippen LogP contribution in [0.4, 0.5) is 0 Å². The molecule has 0 spiro atoms. The van der Waals surface area contributed by atoms with Crippen LogP contribution in [0.3, 0.4) is 0 Å². The third kappa shape index (κ3) is 3.58. The molecule has 0 aromatic heterocycles.